The van der Waals surface area contributed by atoms with Crippen molar-refractivity contribution < 1.29 is 0 Å². The van der Waals surface area contributed by atoms with Crippen LogP contribution in [-0.2, 0) is 0 Å². The molecule has 0 aromatic rings. The number of hydrogen-bond donors (Lipinski definition) is 1. The fourth-order valence-corrected chi connectivity index (χ4v) is 2.81. The molecule has 0 aromatic carbocycles. The Morgan fingerprint density at radius 1 is 1.40 bits per heavy atom. The summed E-state index contributed by atoms with van der Waals surface area (Å²) >= 11 is 0. The molecule has 3 nitrogen and oxygen atoms in total. The molecule has 0 aliphatic carbocycles. The first-order valence-electron chi connectivity index (χ1n) is 6.00. The van der Waals surface area contributed by atoms with Crippen molar-refractivity contribution in [2.45, 2.75) is 45.3 Å². The normalized spacial score (nSPS) is 28.6. The minimum absolute atomic E-state index is 0.299. The summed E-state index contributed by atoms with van der Waals surface area (Å²) < 4.78 is 0. The lowest BCUT2D eigenvalue weighted by molar-refractivity contribution is -0.0232. The molecule has 1 rings (SSSR count). The van der Waals surface area contributed by atoms with Gasteiger partial charge in [0.15, 0.2) is 0 Å². The van der Waals surface area contributed by atoms with E-state index in [4.69, 9.17) is 0 Å². The Balaban J connectivity index is 2.71. The summed E-state index contributed by atoms with van der Waals surface area (Å²) in [5.41, 5.74) is 0.299. The quantitative estimate of drug-likeness (QED) is 0.755. The average Bonchev–Trinajstić information content (AvgIpc) is 2.08. The molecule has 1 fully saturated rings. The molecule has 1 heterocycles. The molecule has 0 spiro atoms. The van der Waals surface area contributed by atoms with Crippen LogP contribution in [0.3, 0.4) is 0 Å². The molecule has 1 unspecified atom stereocenters. The Bertz CT molecular complexity index is 201. The summed E-state index contributed by atoms with van der Waals surface area (Å²) in [6.45, 7) is 12.7. The Morgan fingerprint density at radius 2 is 2.00 bits per heavy atom. The number of rotatable bonds is 3. The van der Waals surface area contributed by atoms with Crippen molar-refractivity contribution >= 4 is 0 Å². The van der Waals surface area contributed by atoms with Crippen molar-refractivity contribution in [3.8, 4) is 0 Å². The third kappa shape index (κ3) is 2.92. The van der Waals surface area contributed by atoms with E-state index in [0.29, 0.717) is 17.6 Å². The van der Waals surface area contributed by atoms with Crippen LogP contribution >= 0.6 is 0 Å². The Kier molecular flexibility index (Phi) is 4.15. The molecule has 0 saturated carbocycles. The number of nitrogens with zero attached hydrogens (tertiary/aromatic N) is 2. The van der Waals surface area contributed by atoms with Crippen LogP contribution in [0.5, 0.6) is 0 Å². The zero-order valence-corrected chi connectivity index (χ0v) is 11.2. The van der Waals surface area contributed by atoms with Crippen LogP contribution in [0.15, 0.2) is 0 Å². The summed E-state index contributed by atoms with van der Waals surface area (Å²) in [4.78, 5) is 5.10. The van der Waals surface area contributed by atoms with Crippen LogP contribution in [0, 0.1) is 0 Å². The van der Waals surface area contributed by atoms with Crippen molar-refractivity contribution in [3.05, 3.63) is 0 Å². The molecule has 0 radical (unpaired) electrons. The predicted octanol–water partition coefficient (Wildman–Crippen LogP) is 1.01. The third-order valence-electron chi connectivity index (χ3n) is 3.51. The highest BCUT2D eigenvalue weighted by atomic mass is 15.3. The summed E-state index contributed by atoms with van der Waals surface area (Å²) in [5.74, 6) is 0. The van der Waals surface area contributed by atoms with Gasteiger partial charge in [0.25, 0.3) is 0 Å². The third-order valence-corrected chi connectivity index (χ3v) is 3.51. The van der Waals surface area contributed by atoms with Gasteiger partial charge in [-0.1, -0.05) is 0 Å². The zero-order chi connectivity index (χ0) is 11.6. The van der Waals surface area contributed by atoms with Crippen molar-refractivity contribution in [1.29, 1.82) is 0 Å². The van der Waals surface area contributed by atoms with Crippen molar-refractivity contribution in [2.24, 2.45) is 0 Å². The molecule has 1 N–H and O–H groups in total. The number of likely N-dealkylation sites (N-methyl/N-ethyl adjacent to an activating group) is 2. The van der Waals surface area contributed by atoms with Crippen LogP contribution in [0.4, 0.5) is 0 Å². The van der Waals surface area contributed by atoms with E-state index in [9.17, 15) is 0 Å². The molecule has 1 aliphatic rings. The summed E-state index contributed by atoms with van der Waals surface area (Å²) in [5, 5.41) is 3.29. The van der Waals surface area contributed by atoms with Gasteiger partial charge in [0.1, 0.15) is 0 Å². The summed E-state index contributed by atoms with van der Waals surface area (Å²) in [6.07, 6.45) is 0. The van der Waals surface area contributed by atoms with E-state index in [1.54, 1.807) is 0 Å². The van der Waals surface area contributed by atoms with E-state index in [2.05, 4.69) is 49.9 Å². The van der Waals surface area contributed by atoms with Gasteiger partial charge < -0.3 is 5.32 Å². The molecule has 15 heavy (non-hydrogen) atoms. The molecule has 1 aliphatic heterocycles. The van der Waals surface area contributed by atoms with Crippen LogP contribution in [0.2, 0.25) is 0 Å². The largest absolute Gasteiger partial charge is 0.318 e. The SMILES string of the molecule is CNCC1CN(C(C)C)C(C)(C)CN1C. The van der Waals surface area contributed by atoms with E-state index in [1.165, 1.54) is 6.54 Å². The van der Waals surface area contributed by atoms with E-state index in [1.807, 2.05) is 7.05 Å². The number of nitrogens with one attached hydrogen (secondary N) is 1. The van der Waals surface area contributed by atoms with Gasteiger partial charge >= 0.3 is 0 Å². The van der Waals surface area contributed by atoms with Gasteiger partial charge in [0, 0.05) is 37.3 Å². The molecule has 90 valence electrons. The van der Waals surface area contributed by atoms with Gasteiger partial charge in [-0.15, -0.1) is 0 Å². The molecule has 0 amide bonds. The second-order valence-corrected chi connectivity index (χ2v) is 5.69. The maximum absolute atomic E-state index is 3.29. The van der Waals surface area contributed by atoms with Gasteiger partial charge in [0.2, 0.25) is 0 Å². The highest BCUT2D eigenvalue weighted by molar-refractivity contribution is 4.95. The lowest BCUT2D eigenvalue weighted by Gasteiger charge is -2.52. The maximum atomic E-state index is 3.29. The lowest BCUT2D eigenvalue weighted by atomic mass is 9.94. The maximum Gasteiger partial charge on any atom is 0.0345 e. The zero-order valence-electron chi connectivity index (χ0n) is 11.2. The van der Waals surface area contributed by atoms with E-state index < -0.39 is 0 Å². The summed E-state index contributed by atoms with van der Waals surface area (Å²) in [7, 11) is 4.27. The lowest BCUT2D eigenvalue weighted by Crippen LogP contribution is -2.65. The first-order chi connectivity index (χ1) is 6.88. The minimum Gasteiger partial charge on any atom is -0.318 e. The Morgan fingerprint density at radius 3 is 2.47 bits per heavy atom. The smallest absolute Gasteiger partial charge is 0.0345 e. The van der Waals surface area contributed by atoms with Gasteiger partial charge in [0.05, 0.1) is 0 Å². The average molecular weight is 213 g/mol. The van der Waals surface area contributed by atoms with Gasteiger partial charge in [-0.3, -0.25) is 9.80 Å². The molecular formula is C12H27N3. The van der Waals surface area contributed by atoms with Crippen molar-refractivity contribution in [3.63, 3.8) is 0 Å². The van der Waals surface area contributed by atoms with Crippen LogP contribution in [-0.4, -0.2) is 61.2 Å². The molecule has 0 bridgehead atoms. The second-order valence-electron chi connectivity index (χ2n) is 5.69. The van der Waals surface area contributed by atoms with E-state index in [0.717, 1.165) is 13.1 Å². The molecule has 1 saturated heterocycles. The first-order valence-corrected chi connectivity index (χ1v) is 6.00. The van der Waals surface area contributed by atoms with Crippen molar-refractivity contribution in [2.75, 3.05) is 33.7 Å². The standard InChI is InChI=1S/C12H27N3/c1-10(2)15-8-11(7-13-5)14(6)9-12(15,3)4/h10-11,13H,7-9H2,1-6H3. The summed E-state index contributed by atoms with van der Waals surface area (Å²) in [6, 6.07) is 1.28. The Labute approximate surface area is 94.8 Å². The topological polar surface area (TPSA) is 18.5 Å². The van der Waals surface area contributed by atoms with Crippen LogP contribution in [0.1, 0.15) is 27.7 Å². The van der Waals surface area contributed by atoms with Gasteiger partial charge in [-0.2, -0.15) is 0 Å². The van der Waals surface area contributed by atoms with E-state index in [-0.39, 0.29) is 0 Å². The monoisotopic (exact) mass is 213 g/mol. The first kappa shape index (κ1) is 12.9. The molecule has 3 heteroatoms. The number of piperazine rings is 1. The fourth-order valence-electron chi connectivity index (χ4n) is 2.81. The van der Waals surface area contributed by atoms with Gasteiger partial charge in [-0.05, 0) is 41.8 Å². The molecular weight excluding hydrogens is 186 g/mol. The number of hydrogen-bond acceptors (Lipinski definition) is 3. The molecule has 0 aromatic heterocycles. The van der Waals surface area contributed by atoms with Crippen LogP contribution in [0.25, 0.3) is 0 Å². The van der Waals surface area contributed by atoms with Crippen LogP contribution < -0.4 is 5.32 Å². The molecule has 1 atom stereocenters. The Hall–Kier alpha value is -0.120. The highest BCUT2D eigenvalue weighted by Gasteiger charge is 2.37. The minimum atomic E-state index is 0.299. The van der Waals surface area contributed by atoms with Gasteiger partial charge in [-0.25, -0.2) is 0 Å². The fraction of sp³-hybridized carbons (Fsp3) is 1.00. The second kappa shape index (κ2) is 4.81. The van der Waals surface area contributed by atoms with Crippen molar-refractivity contribution in [1.82, 2.24) is 15.1 Å². The highest BCUT2D eigenvalue weighted by Crippen LogP contribution is 2.25. The van der Waals surface area contributed by atoms with E-state index >= 15 is 0 Å². The predicted molar refractivity (Wildman–Crippen MR) is 66.3 cm³/mol.